The second-order valence-corrected chi connectivity index (χ2v) is 16.6. The minimum Gasteiger partial charge on any atom is -0.327 e. The molecule has 19 heteroatoms. The first kappa shape index (κ1) is 44.0. The molecule has 2 N–H and O–H groups in total. The second-order valence-electron chi connectivity index (χ2n) is 16.6. The molecule has 0 saturated carbocycles. The lowest BCUT2D eigenvalue weighted by Crippen LogP contribution is -2.50. The minimum absolute atomic E-state index is 0.0922. The Balaban J connectivity index is 1.02. The predicted octanol–water partition coefficient (Wildman–Crippen LogP) is 6.98. The van der Waals surface area contributed by atoms with Gasteiger partial charge in [-0.2, -0.15) is 36.9 Å². The summed E-state index contributed by atoms with van der Waals surface area (Å²) in [6.07, 6.45) is -9.41. The molecule has 0 aliphatic carbocycles. The van der Waals surface area contributed by atoms with E-state index >= 15 is 0 Å². The van der Waals surface area contributed by atoms with E-state index in [1.165, 1.54) is 58.3 Å². The van der Waals surface area contributed by atoms with E-state index in [9.17, 15) is 56.0 Å². The summed E-state index contributed by atoms with van der Waals surface area (Å²) in [4.78, 5) is 61.3. The Morgan fingerprint density at radius 1 is 0.600 bits per heavy atom. The van der Waals surface area contributed by atoms with Gasteiger partial charge in [0.1, 0.15) is 0 Å². The van der Waals surface area contributed by atoms with Crippen molar-refractivity contribution in [2.45, 2.75) is 24.4 Å². The molecule has 4 aromatic carbocycles. The molecule has 13 nitrogen and oxygen atoms in total. The molecule has 8 rings (SSSR count). The van der Waals surface area contributed by atoms with Crippen LogP contribution >= 0.6 is 0 Å². The van der Waals surface area contributed by atoms with Crippen molar-refractivity contribution in [1.82, 2.24) is 20.4 Å². The number of quaternary nitrogens is 1. The number of halogens is 6. The maximum Gasteiger partial charge on any atom is 0.416 e. The first-order chi connectivity index (χ1) is 30.8. The molecule has 4 aliphatic rings. The molecule has 0 radical (unpaired) electrons. The van der Waals surface area contributed by atoms with E-state index in [1.54, 1.807) is 24.3 Å². The summed E-state index contributed by atoms with van der Waals surface area (Å²) >= 11 is 0. The van der Waals surface area contributed by atoms with Gasteiger partial charge in [-0.15, -0.1) is 0 Å². The van der Waals surface area contributed by atoms with Crippen LogP contribution in [0.15, 0.2) is 120 Å². The van der Waals surface area contributed by atoms with E-state index in [2.05, 4.69) is 10.6 Å². The van der Waals surface area contributed by atoms with Crippen molar-refractivity contribution < 1.29 is 50.0 Å². The summed E-state index contributed by atoms with van der Waals surface area (Å²) in [6, 6.07) is 21.5. The van der Waals surface area contributed by atoms with E-state index in [0.29, 0.717) is 35.3 Å². The molecule has 0 fully saturated rings. The fraction of sp³-hybridized carbons (Fsp3) is 0.261. The third-order valence-electron chi connectivity index (χ3n) is 12.0. The molecule has 0 unspecified atom stereocenters. The van der Waals surface area contributed by atoms with E-state index in [-0.39, 0.29) is 64.6 Å². The monoisotopic (exact) mass is 894 g/mol. The van der Waals surface area contributed by atoms with Gasteiger partial charge in [0.2, 0.25) is 0 Å². The Hall–Kier alpha value is -7.64. The number of anilines is 2. The number of urea groups is 2. The molecular formula is C46H38F6N9O4+. The van der Waals surface area contributed by atoms with Gasteiger partial charge in [0, 0.05) is 0 Å². The average molecular weight is 895 g/mol. The van der Waals surface area contributed by atoms with Gasteiger partial charge in [-0.05, 0) is 71.8 Å². The van der Waals surface area contributed by atoms with Crippen LogP contribution in [0.3, 0.4) is 0 Å². The normalized spacial score (nSPS) is 19.0. The van der Waals surface area contributed by atoms with Gasteiger partial charge < -0.3 is 24.9 Å². The molecule has 4 aromatic rings. The average Bonchev–Trinajstić information content (AvgIpc) is 3.78. The van der Waals surface area contributed by atoms with Crippen LogP contribution in [0.1, 0.15) is 45.5 Å². The number of nitrogens with one attached hydrogen (secondary N) is 2. The maximum absolute atomic E-state index is 14.3. The van der Waals surface area contributed by atoms with Crippen LogP contribution in [0.25, 0.3) is 0 Å². The first-order valence-corrected chi connectivity index (χ1v) is 20.2. The molecule has 332 valence electrons. The smallest absolute Gasteiger partial charge is 0.327 e. The van der Waals surface area contributed by atoms with Gasteiger partial charge in [0.05, 0.1) is 134 Å². The number of carbonyl (C=O) groups excluding carboxylic acids is 4. The van der Waals surface area contributed by atoms with Crippen molar-refractivity contribution in [3.63, 3.8) is 0 Å². The number of hydrogen-bond donors (Lipinski definition) is 2. The van der Waals surface area contributed by atoms with Gasteiger partial charge in [-0.3, -0.25) is 19.4 Å². The Morgan fingerprint density at radius 3 is 1.31 bits per heavy atom. The van der Waals surface area contributed by atoms with Crippen LogP contribution in [0, 0.1) is 22.7 Å². The maximum atomic E-state index is 14.3. The second kappa shape index (κ2) is 16.5. The van der Waals surface area contributed by atoms with Crippen LogP contribution in [-0.4, -0.2) is 91.5 Å². The number of amides is 6. The predicted molar refractivity (Wildman–Crippen MR) is 222 cm³/mol. The number of carbonyl (C=O) groups is 4. The fourth-order valence-electron chi connectivity index (χ4n) is 8.44. The highest BCUT2D eigenvalue weighted by molar-refractivity contribution is 6.08. The Labute approximate surface area is 368 Å². The Bertz CT molecular complexity index is 2580. The molecule has 6 amide bonds. The van der Waals surface area contributed by atoms with Crippen molar-refractivity contribution in [2.24, 2.45) is 0 Å². The third-order valence-corrected chi connectivity index (χ3v) is 12.0. The highest BCUT2D eigenvalue weighted by Crippen LogP contribution is 2.42. The number of hydrogen-bond acceptors (Lipinski definition) is 6. The molecule has 0 spiro atoms. The molecule has 65 heavy (non-hydrogen) atoms. The highest BCUT2D eigenvalue weighted by atomic mass is 19.4. The van der Waals surface area contributed by atoms with Gasteiger partial charge in [0.25, 0.3) is 11.8 Å². The van der Waals surface area contributed by atoms with Crippen LogP contribution in [0.4, 0.5) is 47.3 Å². The van der Waals surface area contributed by atoms with E-state index in [0.717, 1.165) is 34.1 Å². The molecule has 0 saturated heterocycles. The minimum atomic E-state index is -4.70. The highest BCUT2D eigenvalue weighted by Gasteiger charge is 2.47. The topological polar surface area (TPSA) is 153 Å². The molecular weight excluding hydrogens is 857 g/mol. The van der Waals surface area contributed by atoms with Crippen molar-refractivity contribution in [2.75, 3.05) is 63.2 Å². The van der Waals surface area contributed by atoms with Crippen molar-refractivity contribution in [3.8, 4) is 12.1 Å². The lowest BCUT2D eigenvalue weighted by atomic mass is 9.94. The zero-order chi connectivity index (χ0) is 46.6. The standard InChI is InChI=1S/C46H37F6N9O4/c1-61(2,19-17-57-25-35-37(41(57)62)39(29-13-9-27(23-53)10-14-29)55-43(64)59(35)33-7-3-5-31(21-33)45(47,48)49)20-18-58-26-36-38(42(58)63)40(30-15-11-28(24-54)12-16-30)56-44(65)60(36)34-8-4-6-32(22-34)46(50,51)52/h3-16,21-22,39-40H,17-20,25-26H2,1-2H3,(H-,55,56,64,65)/p+1/t39-,40-/m1/s1. The third kappa shape index (κ3) is 8.45. The summed E-state index contributed by atoms with van der Waals surface area (Å²) in [5.74, 6) is -0.919. The number of benzene rings is 4. The van der Waals surface area contributed by atoms with Crippen LogP contribution < -0.4 is 20.4 Å². The molecule has 4 heterocycles. The van der Waals surface area contributed by atoms with E-state index in [4.69, 9.17) is 0 Å². The number of nitrogens with zero attached hydrogens (tertiary/aromatic N) is 7. The van der Waals surface area contributed by atoms with E-state index in [1.807, 2.05) is 26.2 Å². The number of likely N-dealkylation sites (N-methyl/N-ethyl adjacent to an activating group) is 1. The summed E-state index contributed by atoms with van der Waals surface area (Å²) in [5.41, 5.74) is 0.194. The van der Waals surface area contributed by atoms with Crippen molar-refractivity contribution in [1.29, 1.82) is 10.5 Å². The summed E-state index contributed by atoms with van der Waals surface area (Å²) in [7, 11) is 3.72. The SMILES string of the molecule is C[N+](C)(CCN1CC2=C(C1=O)[C@@H](c1ccc(C#N)cc1)NC(=O)N2c1cccc(C(F)(F)F)c1)CCN1CC2=C(C1=O)[C@@H](c1ccc(C#N)cc1)NC(=O)N2c1cccc(C(F)(F)F)c1. The van der Waals surface area contributed by atoms with Crippen LogP contribution in [0.5, 0.6) is 0 Å². The van der Waals surface area contributed by atoms with Gasteiger partial charge in [0.15, 0.2) is 0 Å². The number of alkyl halides is 6. The van der Waals surface area contributed by atoms with Gasteiger partial charge >= 0.3 is 24.4 Å². The van der Waals surface area contributed by atoms with Crippen molar-refractivity contribution >= 4 is 35.3 Å². The zero-order valence-electron chi connectivity index (χ0n) is 34.7. The lowest BCUT2D eigenvalue weighted by molar-refractivity contribution is -0.889. The van der Waals surface area contributed by atoms with Crippen molar-refractivity contribution in [3.05, 3.63) is 153 Å². The summed E-state index contributed by atoms with van der Waals surface area (Å²) in [5, 5.41) is 24.2. The molecule has 0 aromatic heterocycles. The Morgan fingerprint density at radius 2 is 0.969 bits per heavy atom. The summed E-state index contributed by atoms with van der Waals surface area (Å²) < 4.78 is 83.0. The van der Waals surface area contributed by atoms with Gasteiger partial charge in [-0.25, -0.2) is 9.59 Å². The number of nitriles is 2. The first-order valence-electron chi connectivity index (χ1n) is 20.2. The van der Waals surface area contributed by atoms with Crippen LogP contribution in [0.2, 0.25) is 0 Å². The lowest BCUT2D eigenvalue weighted by Gasteiger charge is -2.34. The molecule has 0 bridgehead atoms. The molecule has 4 aliphatic heterocycles. The van der Waals surface area contributed by atoms with Gasteiger partial charge in [-0.1, -0.05) is 36.4 Å². The molecule has 2 atom stereocenters. The largest absolute Gasteiger partial charge is 0.416 e. The Kier molecular flexibility index (Phi) is 11.2. The summed E-state index contributed by atoms with van der Waals surface area (Å²) in [6.45, 7) is 0.615. The van der Waals surface area contributed by atoms with E-state index < -0.39 is 59.4 Å². The fourth-order valence-corrected chi connectivity index (χ4v) is 8.44. The zero-order valence-corrected chi connectivity index (χ0v) is 34.7. The number of rotatable bonds is 10. The van der Waals surface area contributed by atoms with Crippen LogP contribution in [-0.2, 0) is 21.9 Å². The quantitative estimate of drug-likeness (QED) is 0.130.